The Morgan fingerprint density at radius 3 is 2.68 bits per heavy atom. The summed E-state index contributed by atoms with van der Waals surface area (Å²) < 4.78 is -1.54. The van der Waals surface area contributed by atoms with E-state index in [4.69, 9.17) is 28.4 Å². The fourth-order valence-electron chi connectivity index (χ4n) is 2.80. The molecule has 0 saturated carbocycles. The molecule has 0 fully saturated rings. The third-order valence-corrected chi connectivity index (χ3v) is 4.83. The Hall–Kier alpha value is -0.810. The molecule has 1 aliphatic heterocycles. The zero-order valence-corrected chi connectivity index (χ0v) is 14.0. The summed E-state index contributed by atoms with van der Waals surface area (Å²) in [7, 11) is 0. The molecule has 4 nitrogen and oxygen atoms in total. The van der Waals surface area contributed by atoms with Gasteiger partial charge in [-0.2, -0.15) is 0 Å². The highest BCUT2D eigenvalue weighted by molar-refractivity contribution is 6.57. The topological polar surface area (TPSA) is 52.6 Å². The van der Waals surface area contributed by atoms with E-state index >= 15 is 0 Å². The van der Waals surface area contributed by atoms with Gasteiger partial charge in [0, 0.05) is 13.1 Å². The van der Waals surface area contributed by atoms with Gasteiger partial charge in [0.25, 0.3) is 5.91 Å². The van der Waals surface area contributed by atoms with Crippen molar-refractivity contribution in [2.24, 2.45) is 0 Å². The summed E-state index contributed by atoms with van der Waals surface area (Å²) in [6, 6.07) is 8.60. The van der Waals surface area contributed by atoms with Crippen molar-refractivity contribution >= 4 is 29.1 Å². The van der Waals surface area contributed by atoms with Gasteiger partial charge in [0.1, 0.15) is 0 Å². The van der Waals surface area contributed by atoms with Crippen LogP contribution in [0.25, 0.3) is 0 Å². The fraction of sp³-hybridized carbons (Fsp3) is 0.562. The van der Waals surface area contributed by atoms with Crippen LogP contribution < -0.4 is 5.48 Å². The average Bonchev–Trinajstić information content (AvgIpc) is 2.53. The number of hydrogen-bond acceptors (Lipinski definition) is 3. The molecule has 0 saturated heterocycles. The van der Waals surface area contributed by atoms with Crippen LogP contribution in [0.1, 0.15) is 36.8 Å². The van der Waals surface area contributed by atoms with E-state index in [1.165, 1.54) is 16.6 Å². The smallest absolute Gasteiger partial charge is 0.279 e. The minimum atomic E-state index is -1.54. The first-order valence-corrected chi connectivity index (χ1v) is 8.40. The van der Waals surface area contributed by atoms with Gasteiger partial charge in [0.15, 0.2) is 4.33 Å². The van der Waals surface area contributed by atoms with Gasteiger partial charge >= 0.3 is 0 Å². The van der Waals surface area contributed by atoms with E-state index in [-0.39, 0.29) is 0 Å². The Balaban J connectivity index is 1.65. The number of amides is 1. The molecule has 1 amide bonds. The normalized spacial score (nSPS) is 15.4. The molecule has 1 heterocycles. The SMILES string of the molecule is O=C(NO)C(Cl)(Cl)CCCCCN1CCc2ccccc2C1. The van der Waals surface area contributed by atoms with Crippen molar-refractivity contribution in [3.63, 3.8) is 0 Å². The first-order valence-electron chi connectivity index (χ1n) is 7.64. The Kier molecular flexibility index (Phi) is 6.50. The predicted molar refractivity (Wildman–Crippen MR) is 88.3 cm³/mol. The summed E-state index contributed by atoms with van der Waals surface area (Å²) in [6.07, 6.45) is 4.21. The lowest BCUT2D eigenvalue weighted by Gasteiger charge is -2.28. The van der Waals surface area contributed by atoms with Crippen LogP contribution in [0.5, 0.6) is 0 Å². The molecule has 0 bridgehead atoms. The Morgan fingerprint density at radius 1 is 1.23 bits per heavy atom. The number of carbonyl (C=O) groups is 1. The zero-order valence-electron chi connectivity index (χ0n) is 12.5. The lowest BCUT2D eigenvalue weighted by atomic mass is 9.99. The number of halogens is 2. The highest BCUT2D eigenvalue weighted by Gasteiger charge is 2.32. The van der Waals surface area contributed by atoms with Crippen LogP contribution in [0.2, 0.25) is 0 Å². The van der Waals surface area contributed by atoms with Crippen molar-refractivity contribution in [2.45, 2.75) is 43.0 Å². The first kappa shape index (κ1) is 17.5. The number of hydrogen-bond donors (Lipinski definition) is 2. The van der Waals surface area contributed by atoms with Crippen LogP contribution in [-0.4, -0.2) is 33.4 Å². The molecular formula is C16H22Cl2N2O2. The Morgan fingerprint density at radius 2 is 1.95 bits per heavy atom. The summed E-state index contributed by atoms with van der Waals surface area (Å²) in [5, 5.41) is 8.55. The lowest BCUT2D eigenvalue weighted by molar-refractivity contribution is -0.130. The van der Waals surface area contributed by atoms with Crippen molar-refractivity contribution in [2.75, 3.05) is 13.1 Å². The van der Waals surface area contributed by atoms with Gasteiger partial charge < -0.3 is 0 Å². The summed E-state index contributed by atoms with van der Waals surface area (Å²) in [5.41, 5.74) is 4.38. The van der Waals surface area contributed by atoms with Crippen LogP contribution >= 0.6 is 23.2 Å². The molecular weight excluding hydrogens is 323 g/mol. The molecule has 122 valence electrons. The largest absolute Gasteiger partial charge is 0.299 e. The number of nitrogens with zero attached hydrogens (tertiary/aromatic N) is 1. The summed E-state index contributed by atoms with van der Waals surface area (Å²) in [6.45, 7) is 3.15. The fourth-order valence-corrected chi connectivity index (χ4v) is 3.15. The second kappa shape index (κ2) is 8.16. The van der Waals surface area contributed by atoms with E-state index in [1.807, 2.05) is 0 Å². The number of rotatable bonds is 7. The van der Waals surface area contributed by atoms with E-state index in [2.05, 4.69) is 29.2 Å². The molecule has 22 heavy (non-hydrogen) atoms. The molecule has 0 aromatic heterocycles. The molecule has 2 N–H and O–H groups in total. The molecule has 1 aliphatic rings. The number of hydroxylamine groups is 1. The van der Waals surface area contributed by atoms with Crippen LogP contribution in [0.4, 0.5) is 0 Å². The quantitative estimate of drug-likeness (QED) is 0.345. The van der Waals surface area contributed by atoms with Gasteiger partial charge in [-0.1, -0.05) is 53.9 Å². The Labute approximate surface area is 141 Å². The van der Waals surface area contributed by atoms with Crippen molar-refractivity contribution in [3.05, 3.63) is 35.4 Å². The second-order valence-corrected chi connectivity index (χ2v) is 7.23. The zero-order chi connectivity index (χ0) is 16.0. The van der Waals surface area contributed by atoms with Crippen LogP contribution in [0.15, 0.2) is 24.3 Å². The minimum Gasteiger partial charge on any atom is -0.299 e. The molecule has 0 unspecified atom stereocenters. The van der Waals surface area contributed by atoms with E-state index in [1.54, 1.807) is 0 Å². The van der Waals surface area contributed by atoms with Gasteiger partial charge in [-0.3, -0.25) is 14.9 Å². The number of unbranched alkanes of at least 4 members (excludes halogenated alkanes) is 2. The maximum atomic E-state index is 11.2. The standard InChI is InChI=1S/C16H22Cl2N2O2/c17-16(18,15(21)19-22)9-4-1-5-10-20-11-8-13-6-2-3-7-14(13)12-20/h2-3,6-7,22H,1,4-5,8-12H2,(H,19,21). The van der Waals surface area contributed by atoms with Gasteiger partial charge in [-0.15, -0.1) is 0 Å². The number of alkyl halides is 2. The molecule has 0 aliphatic carbocycles. The van der Waals surface area contributed by atoms with Crippen molar-refractivity contribution < 1.29 is 10.0 Å². The number of nitrogens with one attached hydrogen (secondary N) is 1. The van der Waals surface area contributed by atoms with Gasteiger partial charge in [0.2, 0.25) is 0 Å². The summed E-state index contributed by atoms with van der Waals surface area (Å²) in [4.78, 5) is 13.7. The first-order chi connectivity index (χ1) is 10.5. The van der Waals surface area contributed by atoms with Crippen molar-refractivity contribution in [1.29, 1.82) is 0 Å². The maximum absolute atomic E-state index is 11.2. The van der Waals surface area contributed by atoms with Crippen LogP contribution in [0.3, 0.4) is 0 Å². The van der Waals surface area contributed by atoms with Crippen molar-refractivity contribution in [3.8, 4) is 0 Å². The van der Waals surface area contributed by atoms with E-state index in [0.717, 1.165) is 45.3 Å². The number of fused-ring (bicyclic) bond motifs is 1. The molecule has 2 rings (SSSR count). The molecule has 0 spiro atoms. The highest BCUT2D eigenvalue weighted by Crippen LogP contribution is 2.28. The van der Waals surface area contributed by atoms with Gasteiger partial charge in [-0.25, -0.2) is 5.48 Å². The summed E-state index contributed by atoms with van der Waals surface area (Å²) >= 11 is 11.7. The maximum Gasteiger partial charge on any atom is 0.279 e. The van der Waals surface area contributed by atoms with E-state index < -0.39 is 10.2 Å². The van der Waals surface area contributed by atoms with E-state index in [0.29, 0.717) is 6.42 Å². The molecule has 6 heteroatoms. The third-order valence-electron chi connectivity index (χ3n) is 4.11. The van der Waals surface area contributed by atoms with Gasteiger partial charge in [0.05, 0.1) is 0 Å². The summed E-state index contributed by atoms with van der Waals surface area (Å²) in [5.74, 6) is -0.761. The predicted octanol–water partition coefficient (Wildman–Crippen LogP) is 3.28. The highest BCUT2D eigenvalue weighted by atomic mass is 35.5. The monoisotopic (exact) mass is 344 g/mol. The minimum absolute atomic E-state index is 0.339. The van der Waals surface area contributed by atoms with Gasteiger partial charge in [-0.05, 0) is 43.4 Å². The lowest BCUT2D eigenvalue weighted by Crippen LogP contribution is -2.36. The Bertz CT molecular complexity index is 509. The van der Waals surface area contributed by atoms with E-state index in [9.17, 15) is 4.79 Å². The second-order valence-electron chi connectivity index (χ2n) is 5.75. The molecule has 0 atom stereocenters. The molecule has 0 radical (unpaired) electrons. The van der Waals surface area contributed by atoms with Crippen LogP contribution in [0, 0.1) is 0 Å². The van der Waals surface area contributed by atoms with Crippen LogP contribution in [-0.2, 0) is 17.8 Å². The number of benzene rings is 1. The third kappa shape index (κ3) is 4.85. The number of carbonyl (C=O) groups excluding carboxylic acids is 1. The molecule has 1 aromatic rings. The van der Waals surface area contributed by atoms with Crippen molar-refractivity contribution in [1.82, 2.24) is 10.4 Å². The molecule has 1 aromatic carbocycles. The average molecular weight is 345 g/mol.